The molecule has 1 N–H and O–H groups in total. The maximum Gasteiger partial charge on any atom is 0.279 e. The van der Waals surface area contributed by atoms with Crippen molar-refractivity contribution in [1.29, 1.82) is 0 Å². The van der Waals surface area contributed by atoms with Crippen molar-refractivity contribution in [2.24, 2.45) is 0 Å². The summed E-state index contributed by atoms with van der Waals surface area (Å²) in [5.41, 5.74) is 3.98. The number of amides is 1. The van der Waals surface area contributed by atoms with E-state index in [4.69, 9.17) is 4.52 Å². The number of aryl methyl sites for hydroxylation is 1. The fourth-order valence-corrected chi connectivity index (χ4v) is 3.82. The second kappa shape index (κ2) is 7.16. The minimum Gasteiger partial charge on any atom is -0.338 e. The lowest BCUT2D eigenvalue weighted by Crippen LogP contribution is -2.24. The van der Waals surface area contributed by atoms with Gasteiger partial charge >= 0.3 is 0 Å². The molecular formula is C22H21N5O2. The third kappa shape index (κ3) is 3.29. The summed E-state index contributed by atoms with van der Waals surface area (Å²) < 4.78 is 5.47. The first-order valence-corrected chi connectivity index (χ1v) is 9.84. The first-order valence-electron chi connectivity index (χ1n) is 9.84. The lowest BCUT2D eigenvalue weighted by Gasteiger charge is -2.16. The van der Waals surface area contributed by atoms with Crippen LogP contribution in [0.2, 0.25) is 0 Å². The molecule has 1 atom stereocenters. The highest BCUT2D eigenvalue weighted by molar-refractivity contribution is 5.90. The molecule has 1 amide bonds. The minimum absolute atomic E-state index is 0.0693. The Bertz CT molecular complexity index is 1160. The van der Waals surface area contributed by atoms with Gasteiger partial charge in [0.05, 0.1) is 5.52 Å². The van der Waals surface area contributed by atoms with Crippen LogP contribution in [0.4, 0.5) is 0 Å². The highest BCUT2D eigenvalue weighted by Crippen LogP contribution is 2.30. The molecule has 146 valence electrons. The third-order valence-corrected chi connectivity index (χ3v) is 5.50. The summed E-state index contributed by atoms with van der Waals surface area (Å²) in [4.78, 5) is 18.9. The topological polar surface area (TPSA) is 87.9 Å². The lowest BCUT2D eigenvalue weighted by atomic mass is 10.1. The number of carbonyl (C=O) groups is 1. The van der Waals surface area contributed by atoms with Gasteiger partial charge in [0.25, 0.3) is 5.89 Å². The second-order valence-electron chi connectivity index (χ2n) is 7.42. The van der Waals surface area contributed by atoms with E-state index in [1.165, 1.54) is 5.56 Å². The Kier molecular flexibility index (Phi) is 4.35. The standard InChI is InChI=1S/C22H21N5O2/c1-2-14-7-9-15(10-8-14)12-27-13-16(11-19(27)28)21-23-22(29-26-21)20-17-5-3-4-6-18(17)24-25-20/h3-10,16H,2,11-13H2,1H3,(H,24,25). The van der Waals surface area contributed by atoms with Crippen LogP contribution in [0.15, 0.2) is 53.1 Å². The quantitative estimate of drug-likeness (QED) is 0.564. The van der Waals surface area contributed by atoms with E-state index in [0.717, 1.165) is 22.9 Å². The first-order chi connectivity index (χ1) is 14.2. The number of nitrogens with one attached hydrogen (secondary N) is 1. The van der Waals surface area contributed by atoms with Crippen LogP contribution < -0.4 is 0 Å². The summed E-state index contributed by atoms with van der Waals surface area (Å²) in [6.45, 7) is 3.33. The number of fused-ring (bicyclic) bond motifs is 1. The third-order valence-electron chi connectivity index (χ3n) is 5.50. The molecule has 4 aromatic rings. The van der Waals surface area contributed by atoms with Crippen molar-refractivity contribution in [2.45, 2.75) is 32.2 Å². The predicted octanol–water partition coefficient (Wildman–Crippen LogP) is 3.69. The van der Waals surface area contributed by atoms with Gasteiger partial charge in [-0.1, -0.05) is 54.5 Å². The van der Waals surface area contributed by atoms with E-state index in [-0.39, 0.29) is 11.8 Å². The number of nitrogens with zero attached hydrogens (tertiary/aromatic N) is 4. The summed E-state index contributed by atoms with van der Waals surface area (Å²) in [7, 11) is 0. The van der Waals surface area contributed by atoms with Gasteiger partial charge in [-0.3, -0.25) is 9.89 Å². The molecule has 5 rings (SSSR count). The molecule has 1 saturated heterocycles. The van der Waals surface area contributed by atoms with Gasteiger partial charge in [0.2, 0.25) is 5.91 Å². The molecule has 1 fully saturated rings. The smallest absolute Gasteiger partial charge is 0.279 e. The number of H-pyrrole nitrogens is 1. The Morgan fingerprint density at radius 3 is 2.76 bits per heavy atom. The van der Waals surface area contributed by atoms with Crippen LogP contribution in [-0.2, 0) is 17.8 Å². The van der Waals surface area contributed by atoms with Crippen LogP contribution in [0.25, 0.3) is 22.5 Å². The van der Waals surface area contributed by atoms with Crippen LogP contribution in [0, 0.1) is 0 Å². The Hall–Kier alpha value is -3.48. The molecule has 29 heavy (non-hydrogen) atoms. The first kappa shape index (κ1) is 17.6. The number of hydrogen-bond acceptors (Lipinski definition) is 5. The van der Waals surface area contributed by atoms with Gasteiger partial charge in [-0.25, -0.2) is 0 Å². The molecule has 2 aromatic heterocycles. The molecule has 7 nitrogen and oxygen atoms in total. The molecule has 0 bridgehead atoms. The average Bonchev–Trinajstić information content (AvgIpc) is 3.47. The Balaban J connectivity index is 1.32. The van der Waals surface area contributed by atoms with Crippen molar-refractivity contribution in [3.63, 3.8) is 0 Å². The molecule has 2 aromatic carbocycles. The number of carbonyl (C=O) groups excluding carboxylic acids is 1. The number of aromatic amines is 1. The molecule has 0 aliphatic carbocycles. The maximum absolute atomic E-state index is 12.5. The molecular weight excluding hydrogens is 366 g/mol. The number of likely N-dealkylation sites (tertiary alicyclic amines) is 1. The van der Waals surface area contributed by atoms with E-state index >= 15 is 0 Å². The predicted molar refractivity (Wildman–Crippen MR) is 108 cm³/mol. The molecule has 3 heterocycles. The van der Waals surface area contributed by atoms with Crippen molar-refractivity contribution in [2.75, 3.05) is 6.54 Å². The molecule has 7 heteroatoms. The Morgan fingerprint density at radius 2 is 1.93 bits per heavy atom. The number of aromatic nitrogens is 4. The van der Waals surface area contributed by atoms with Gasteiger partial charge in [0, 0.05) is 30.8 Å². The second-order valence-corrected chi connectivity index (χ2v) is 7.42. The summed E-state index contributed by atoms with van der Waals surface area (Å²) >= 11 is 0. The molecule has 0 saturated carbocycles. The lowest BCUT2D eigenvalue weighted by molar-refractivity contribution is -0.128. The van der Waals surface area contributed by atoms with E-state index in [9.17, 15) is 4.79 Å². The number of rotatable bonds is 5. The van der Waals surface area contributed by atoms with Gasteiger partial charge in [-0.15, -0.1) is 0 Å². The largest absolute Gasteiger partial charge is 0.338 e. The molecule has 1 unspecified atom stereocenters. The van der Waals surface area contributed by atoms with Gasteiger partial charge < -0.3 is 9.42 Å². The van der Waals surface area contributed by atoms with Crippen molar-refractivity contribution < 1.29 is 9.32 Å². The normalized spacial score (nSPS) is 16.8. The van der Waals surface area contributed by atoms with Crippen molar-refractivity contribution in [3.8, 4) is 11.6 Å². The molecule has 0 spiro atoms. The van der Waals surface area contributed by atoms with Crippen LogP contribution in [0.3, 0.4) is 0 Å². The van der Waals surface area contributed by atoms with E-state index in [1.807, 2.05) is 29.2 Å². The van der Waals surface area contributed by atoms with Crippen LogP contribution >= 0.6 is 0 Å². The zero-order valence-electron chi connectivity index (χ0n) is 16.1. The zero-order valence-corrected chi connectivity index (χ0v) is 16.1. The minimum atomic E-state index is -0.0693. The van der Waals surface area contributed by atoms with E-state index in [2.05, 4.69) is 51.5 Å². The Labute approximate surface area is 167 Å². The fraction of sp³-hybridized carbons (Fsp3) is 0.273. The maximum atomic E-state index is 12.5. The SMILES string of the molecule is CCc1ccc(CN2CC(c3noc(-c4n[nH]c5ccccc45)n3)CC2=O)cc1. The van der Waals surface area contributed by atoms with Crippen LogP contribution in [0.1, 0.15) is 36.2 Å². The van der Waals surface area contributed by atoms with Gasteiger partial charge in [-0.05, 0) is 23.6 Å². The van der Waals surface area contributed by atoms with E-state index < -0.39 is 0 Å². The Morgan fingerprint density at radius 1 is 1.14 bits per heavy atom. The molecule has 1 aliphatic heterocycles. The molecule has 0 radical (unpaired) electrons. The number of para-hydroxylation sites is 1. The average molecular weight is 387 g/mol. The van der Waals surface area contributed by atoms with Crippen molar-refractivity contribution >= 4 is 16.8 Å². The van der Waals surface area contributed by atoms with Crippen LogP contribution in [0.5, 0.6) is 0 Å². The van der Waals surface area contributed by atoms with Crippen molar-refractivity contribution in [1.82, 2.24) is 25.2 Å². The summed E-state index contributed by atoms with van der Waals surface area (Å²) in [5.74, 6) is 0.981. The number of benzene rings is 2. The van der Waals surface area contributed by atoms with E-state index in [0.29, 0.717) is 36.9 Å². The van der Waals surface area contributed by atoms with E-state index in [1.54, 1.807) is 0 Å². The summed E-state index contributed by atoms with van der Waals surface area (Å²) in [5, 5.41) is 12.4. The fourth-order valence-electron chi connectivity index (χ4n) is 3.82. The molecule has 1 aliphatic rings. The van der Waals surface area contributed by atoms with Crippen molar-refractivity contribution in [3.05, 3.63) is 65.5 Å². The van der Waals surface area contributed by atoms with Gasteiger partial charge in [-0.2, -0.15) is 10.1 Å². The highest BCUT2D eigenvalue weighted by atomic mass is 16.5. The number of hydrogen-bond donors (Lipinski definition) is 1. The van der Waals surface area contributed by atoms with Gasteiger partial charge in [0.1, 0.15) is 0 Å². The summed E-state index contributed by atoms with van der Waals surface area (Å²) in [6, 6.07) is 16.2. The summed E-state index contributed by atoms with van der Waals surface area (Å²) in [6.07, 6.45) is 1.41. The zero-order chi connectivity index (χ0) is 19.8. The monoisotopic (exact) mass is 387 g/mol. The van der Waals surface area contributed by atoms with Crippen LogP contribution in [-0.4, -0.2) is 37.7 Å². The highest BCUT2D eigenvalue weighted by Gasteiger charge is 2.34. The van der Waals surface area contributed by atoms with Gasteiger partial charge in [0.15, 0.2) is 11.5 Å².